The highest BCUT2D eigenvalue weighted by atomic mass is 16.5. The van der Waals surface area contributed by atoms with Crippen molar-refractivity contribution in [3.8, 4) is 16.9 Å². The first-order valence-corrected chi connectivity index (χ1v) is 11.2. The van der Waals surface area contributed by atoms with Crippen LogP contribution in [0.15, 0.2) is 53.2 Å². The molecule has 2 heterocycles. The summed E-state index contributed by atoms with van der Waals surface area (Å²) in [6.07, 6.45) is 5.70. The second kappa shape index (κ2) is 9.01. The van der Waals surface area contributed by atoms with Gasteiger partial charge in [-0.1, -0.05) is 36.8 Å². The quantitative estimate of drug-likeness (QED) is 0.447. The summed E-state index contributed by atoms with van der Waals surface area (Å²) in [6, 6.07) is 12.5. The Morgan fingerprint density at radius 1 is 1.19 bits per heavy atom. The van der Waals surface area contributed by atoms with Gasteiger partial charge in [0.15, 0.2) is 0 Å². The number of carbonyl (C=O) groups is 1. The molecule has 2 aromatic carbocycles. The van der Waals surface area contributed by atoms with Gasteiger partial charge < -0.3 is 14.1 Å². The summed E-state index contributed by atoms with van der Waals surface area (Å²) < 4.78 is 11.8. The van der Waals surface area contributed by atoms with Crippen LogP contribution in [-0.4, -0.2) is 30.5 Å². The first-order valence-electron chi connectivity index (χ1n) is 11.2. The monoisotopic (exact) mass is 417 g/mol. The van der Waals surface area contributed by atoms with E-state index >= 15 is 0 Å². The molecule has 0 aliphatic carbocycles. The summed E-state index contributed by atoms with van der Waals surface area (Å²) in [7, 11) is 0. The van der Waals surface area contributed by atoms with Crippen LogP contribution in [0.3, 0.4) is 0 Å². The molecule has 1 amide bonds. The number of hydrogen-bond acceptors (Lipinski definition) is 3. The molecule has 1 aliphatic heterocycles. The van der Waals surface area contributed by atoms with Gasteiger partial charge in [0, 0.05) is 41.7 Å². The molecule has 4 rings (SSSR count). The van der Waals surface area contributed by atoms with Crippen molar-refractivity contribution in [3.05, 3.63) is 59.9 Å². The van der Waals surface area contributed by atoms with Crippen LogP contribution in [0.2, 0.25) is 0 Å². The Kier molecular flexibility index (Phi) is 6.17. The lowest BCUT2D eigenvalue weighted by atomic mass is 9.97. The average molecular weight is 418 g/mol. The van der Waals surface area contributed by atoms with Gasteiger partial charge in [-0.05, 0) is 56.7 Å². The standard InChI is InChI=1S/C27H31NO3/c1-5-30-25-16-26-23(24(17-31-26)21-8-6-18(2)7-9-21)15-22(25)20(4)14-27(29)28-12-10-19(3)11-13-28/h6-9,14-17,19H,5,10-13H2,1-4H3/b20-14+. The molecule has 1 fully saturated rings. The molecular weight excluding hydrogens is 386 g/mol. The van der Waals surface area contributed by atoms with Crippen LogP contribution < -0.4 is 4.74 Å². The lowest BCUT2D eigenvalue weighted by molar-refractivity contribution is -0.127. The van der Waals surface area contributed by atoms with E-state index in [2.05, 4.69) is 44.2 Å². The van der Waals surface area contributed by atoms with E-state index in [4.69, 9.17) is 9.15 Å². The van der Waals surface area contributed by atoms with Crippen molar-refractivity contribution in [2.75, 3.05) is 19.7 Å². The van der Waals surface area contributed by atoms with Gasteiger partial charge in [0.1, 0.15) is 11.3 Å². The molecule has 0 unspecified atom stereocenters. The third-order valence-electron chi connectivity index (χ3n) is 6.20. The first kappa shape index (κ1) is 21.2. The Morgan fingerprint density at radius 2 is 1.90 bits per heavy atom. The number of fused-ring (bicyclic) bond motifs is 1. The van der Waals surface area contributed by atoms with Gasteiger partial charge in [0.2, 0.25) is 5.91 Å². The van der Waals surface area contributed by atoms with E-state index < -0.39 is 0 Å². The van der Waals surface area contributed by atoms with E-state index in [1.807, 2.05) is 24.8 Å². The predicted molar refractivity (Wildman–Crippen MR) is 126 cm³/mol. The molecule has 0 radical (unpaired) electrons. The zero-order valence-electron chi connectivity index (χ0n) is 18.9. The molecule has 4 heteroatoms. The van der Waals surface area contributed by atoms with Gasteiger partial charge >= 0.3 is 0 Å². The number of aryl methyl sites for hydroxylation is 1. The fraction of sp³-hybridized carbons (Fsp3) is 0.370. The topological polar surface area (TPSA) is 42.7 Å². The summed E-state index contributed by atoms with van der Waals surface area (Å²) >= 11 is 0. The van der Waals surface area contributed by atoms with Crippen molar-refractivity contribution in [2.45, 2.75) is 40.5 Å². The van der Waals surface area contributed by atoms with Crippen LogP contribution in [0.5, 0.6) is 5.75 Å². The Morgan fingerprint density at radius 3 is 2.58 bits per heavy atom. The molecule has 1 aliphatic rings. The number of amides is 1. The highest BCUT2D eigenvalue weighted by Crippen LogP contribution is 2.37. The van der Waals surface area contributed by atoms with E-state index in [9.17, 15) is 4.79 Å². The molecule has 1 aromatic heterocycles. The van der Waals surface area contributed by atoms with Crippen molar-refractivity contribution >= 4 is 22.4 Å². The Balaban J connectivity index is 1.72. The minimum Gasteiger partial charge on any atom is -0.493 e. The number of nitrogens with zero attached hydrogens (tertiary/aromatic N) is 1. The highest BCUT2D eigenvalue weighted by Gasteiger charge is 2.20. The molecular formula is C27H31NO3. The van der Waals surface area contributed by atoms with E-state index in [1.54, 1.807) is 12.3 Å². The molecule has 1 saturated heterocycles. The van der Waals surface area contributed by atoms with Gasteiger partial charge in [0.25, 0.3) is 0 Å². The van der Waals surface area contributed by atoms with Gasteiger partial charge in [-0.15, -0.1) is 0 Å². The number of hydrogen-bond donors (Lipinski definition) is 0. The van der Waals surface area contributed by atoms with Crippen LogP contribution in [-0.2, 0) is 4.79 Å². The molecule has 0 bridgehead atoms. The SMILES string of the molecule is CCOc1cc2occ(-c3ccc(C)cc3)c2cc1/C(C)=C/C(=O)N1CCC(C)CC1. The number of carbonyl (C=O) groups excluding carboxylic acids is 1. The van der Waals surface area contributed by atoms with E-state index in [0.717, 1.165) is 64.9 Å². The predicted octanol–water partition coefficient (Wildman–Crippen LogP) is 6.47. The van der Waals surface area contributed by atoms with Gasteiger partial charge in [-0.3, -0.25) is 4.79 Å². The first-order chi connectivity index (χ1) is 15.0. The van der Waals surface area contributed by atoms with Crippen molar-refractivity contribution < 1.29 is 13.9 Å². The molecule has 3 aromatic rings. The normalized spacial score (nSPS) is 15.5. The van der Waals surface area contributed by atoms with Crippen molar-refractivity contribution in [3.63, 3.8) is 0 Å². The number of furan rings is 1. The minimum atomic E-state index is 0.0814. The number of allylic oxidation sites excluding steroid dienone is 1. The van der Waals surface area contributed by atoms with Crippen molar-refractivity contribution in [2.24, 2.45) is 5.92 Å². The number of benzene rings is 2. The van der Waals surface area contributed by atoms with E-state index in [1.165, 1.54) is 5.56 Å². The van der Waals surface area contributed by atoms with Crippen molar-refractivity contribution in [1.29, 1.82) is 0 Å². The molecule has 162 valence electrons. The van der Waals surface area contributed by atoms with Gasteiger partial charge in [-0.2, -0.15) is 0 Å². The smallest absolute Gasteiger partial charge is 0.246 e. The second-order valence-electron chi connectivity index (χ2n) is 8.63. The lowest BCUT2D eigenvalue weighted by Crippen LogP contribution is -2.36. The zero-order chi connectivity index (χ0) is 22.0. The third kappa shape index (κ3) is 4.53. The van der Waals surface area contributed by atoms with E-state index in [0.29, 0.717) is 12.5 Å². The maximum Gasteiger partial charge on any atom is 0.246 e. The summed E-state index contributed by atoms with van der Waals surface area (Å²) in [6.45, 7) is 10.5. The second-order valence-corrected chi connectivity index (χ2v) is 8.63. The van der Waals surface area contributed by atoms with Gasteiger partial charge in [-0.25, -0.2) is 0 Å². The molecule has 0 saturated carbocycles. The summed E-state index contributed by atoms with van der Waals surface area (Å²) in [5.74, 6) is 1.52. The van der Waals surface area contributed by atoms with Crippen LogP contribution in [0.1, 0.15) is 44.7 Å². The average Bonchev–Trinajstić information content (AvgIpc) is 3.17. The minimum absolute atomic E-state index is 0.0814. The number of ether oxygens (including phenoxy) is 1. The lowest BCUT2D eigenvalue weighted by Gasteiger charge is -2.29. The number of rotatable bonds is 5. The molecule has 4 nitrogen and oxygen atoms in total. The molecule has 0 spiro atoms. The Bertz CT molecular complexity index is 1100. The van der Waals surface area contributed by atoms with Crippen LogP contribution in [0, 0.1) is 12.8 Å². The highest BCUT2D eigenvalue weighted by molar-refractivity contribution is 6.00. The van der Waals surface area contributed by atoms with Crippen LogP contribution in [0.25, 0.3) is 27.7 Å². The summed E-state index contributed by atoms with van der Waals surface area (Å²) in [4.78, 5) is 14.8. The van der Waals surface area contributed by atoms with E-state index in [-0.39, 0.29) is 5.91 Å². The summed E-state index contributed by atoms with van der Waals surface area (Å²) in [5, 5.41) is 1.02. The third-order valence-corrected chi connectivity index (χ3v) is 6.20. The number of likely N-dealkylation sites (tertiary alicyclic amines) is 1. The fourth-order valence-electron chi connectivity index (χ4n) is 4.18. The summed E-state index contributed by atoms with van der Waals surface area (Å²) in [5.41, 5.74) is 6.00. The molecule has 0 N–H and O–H groups in total. The maximum absolute atomic E-state index is 12.9. The Hall–Kier alpha value is -3.01. The Labute approximate surface area is 184 Å². The van der Waals surface area contributed by atoms with Gasteiger partial charge in [0.05, 0.1) is 12.9 Å². The molecule has 31 heavy (non-hydrogen) atoms. The molecule has 0 atom stereocenters. The van der Waals surface area contributed by atoms with Crippen molar-refractivity contribution in [1.82, 2.24) is 4.90 Å². The zero-order valence-corrected chi connectivity index (χ0v) is 18.9. The largest absolute Gasteiger partial charge is 0.493 e. The van der Waals surface area contributed by atoms with Crippen LogP contribution >= 0.6 is 0 Å². The maximum atomic E-state index is 12.9. The fourth-order valence-corrected chi connectivity index (χ4v) is 4.18. The van der Waals surface area contributed by atoms with Crippen LogP contribution in [0.4, 0.5) is 0 Å². The number of piperidine rings is 1.